The highest BCUT2D eigenvalue weighted by atomic mass is 35.5. The van der Waals surface area contributed by atoms with Gasteiger partial charge in [-0.1, -0.05) is 23.7 Å². The van der Waals surface area contributed by atoms with Crippen LogP contribution in [0.25, 0.3) is 0 Å². The molecule has 1 N–H and O–H groups in total. The molecule has 3 unspecified atom stereocenters. The van der Waals surface area contributed by atoms with Gasteiger partial charge >= 0.3 is 0 Å². The van der Waals surface area contributed by atoms with E-state index < -0.39 is 10.8 Å². The minimum absolute atomic E-state index is 0.0391. The summed E-state index contributed by atoms with van der Waals surface area (Å²) in [5.41, 5.74) is 0.990. The highest BCUT2D eigenvalue weighted by Gasteiger charge is 2.32. The summed E-state index contributed by atoms with van der Waals surface area (Å²) in [5.74, 6) is 0.0391. The molecule has 0 bridgehead atoms. The number of amides is 1. The lowest BCUT2D eigenvalue weighted by atomic mass is 10.1. The molecule has 1 saturated heterocycles. The Balaban J connectivity index is 2.17. The molecule has 1 aromatic carbocycles. The van der Waals surface area contributed by atoms with Gasteiger partial charge in [0, 0.05) is 33.9 Å². The molecule has 0 radical (unpaired) electrons. The third kappa shape index (κ3) is 3.35. The number of carbonyl (C=O) groups is 1. The topological polar surface area (TPSA) is 49.4 Å². The smallest absolute Gasteiger partial charge is 0.238 e. The van der Waals surface area contributed by atoms with Gasteiger partial charge in [0.25, 0.3) is 0 Å². The molecule has 4 nitrogen and oxygen atoms in total. The maximum Gasteiger partial charge on any atom is 0.238 e. The van der Waals surface area contributed by atoms with Crippen molar-refractivity contribution >= 4 is 28.3 Å². The summed E-state index contributed by atoms with van der Waals surface area (Å²) in [5, 5.41) is 3.80. The molecule has 0 spiro atoms. The second kappa shape index (κ2) is 6.03. The Labute approximate surface area is 120 Å². The van der Waals surface area contributed by atoms with E-state index in [1.165, 1.54) is 0 Å². The van der Waals surface area contributed by atoms with Crippen molar-refractivity contribution in [2.75, 3.05) is 19.3 Å². The fourth-order valence-corrected chi connectivity index (χ4v) is 2.57. The first kappa shape index (κ1) is 14.5. The van der Waals surface area contributed by atoms with Gasteiger partial charge in [0.05, 0.1) is 6.54 Å². The van der Waals surface area contributed by atoms with Gasteiger partial charge in [-0.25, -0.2) is 0 Å². The lowest BCUT2D eigenvalue weighted by Gasteiger charge is -2.26. The quantitative estimate of drug-likeness (QED) is 0.917. The van der Waals surface area contributed by atoms with Gasteiger partial charge in [-0.2, -0.15) is 0 Å². The Bertz CT molecular complexity index is 492. The zero-order chi connectivity index (χ0) is 14.0. The van der Waals surface area contributed by atoms with Crippen molar-refractivity contribution in [1.82, 2.24) is 10.2 Å². The van der Waals surface area contributed by atoms with Gasteiger partial charge in [0.15, 0.2) is 0 Å². The first-order valence-corrected chi connectivity index (χ1v) is 8.09. The van der Waals surface area contributed by atoms with Gasteiger partial charge in [-0.05, 0) is 24.6 Å². The maximum absolute atomic E-state index is 11.9. The second-order valence-electron chi connectivity index (χ2n) is 4.69. The van der Waals surface area contributed by atoms with Crippen molar-refractivity contribution in [3.63, 3.8) is 0 Å². The lowest BCUT2D eigenvalue weighted by molar-refractivity contribution is -0.128. The summed E-state index contributed by atoms with van der Waals surface area (Å²) >= 11 is 5.87. The molecule has 1 aliphatic rings. The molecule has 0 aromatic heterocycles. The fourth-order valence-electron chi connectivity index (χ4n) is 2.07. The van der Waals surface area contributed by atoms with E-state index in [0.29, 0.717) is 18.1 Å². The third-order valence-corrected chi connectivity index (χ3v) is 4.82. The van der Waals surface area contributed by atoms with Gasteiger partial charge in [-0.3, -0.25) is 14.3 Å². The largest absolute Gasteiger partial charge is 0.321 e. The van der Waals surface area contributed by atoms with Gasteiger partial charge in [0.2, 0.25) is 5.91 Å². The van der Waals surface area contributed by atoms with Crippen LogP contribution in [-0.4, -0.2) is 39.6 Å². The first-order valence-electron chi connectivity index (χ1n) is 6.09. The maximum atomic E-state index is 11.9. The number of nitrogens with one attached hydrogen (secondary N) is 1. The summed E-state index contributed by atoms with van der Waals surface area (Å²) in [6.45, 7) is 2.69. The number of benzene rings is 1. The highest BCUT2D eigenvalue weighted by molar-refractivity contribution is 7.84. The monoisotopic (exact) mass is 300 g/mol. The highest BCUT2D eigenvalue weighted by Crippen LogP contribution is 2.24. The van der Waals surface area contributed by atoms with Gasteiger partial charge in [-0.15, -0.1) is 0 Å². The number of halogens is 1. The minimum Gasteiger partial charge on any atom is -0.321 e. The van der Waals surface area contributed by atoms with Crippen LogP contribution in [0.15, 0.2) is 24.3 Å². The standard InChI is InChI=1S/C13H17ClN2O2S/c1-9(19(2)18)8-16-12(17)7-15-13(16)10-3-5-11(14)6-4-10/h3-6,9,13,15H,7-8H2,1-2H3. The summed E-state index contributed by atoms with van der Waals surface area (Å²) in [6, 6.07) is 7.42. The Hall–Kier alpha value is -0.910. The summed E-state index contributed by atoms with van der Waals surface area (Å²) in [4.78, 5) is 13.7. The molecule has 0 aliphatic carbocycles. The van der Waals surface area contributed by atoms with Crippen LogP contribution in [0.5, 0.6) is 0 Å². The molecule has 1 amide bonds. The van der Waals surface area contributed by atoms with Crippen LogP contribution in [0, 0.1) is 0 Å². The van der Waals surface area contributed by atoms with Crippen LogP contribution < -0.4 is 5.32 Å². The third-order valence-electron chi connectivity index (χ3n) is 3.28. The van der Waals surface area contributed by atoms with E-state index in [2.05, 4.69) is 5.32 Å². The SMILES string of the molecule is CC(CN1C(=O)CNC1c1ccc(Cl)cc1)S(C)=O. The number of nitrogens with zero attached hydrogens (tertiary/aromatic N) is 1. The Morgan fingerprint density at radius 3 is 2.68 bits per heavy atom. The average Bonchev–Trinajstić information content (AvgIpc) is 2.72. The number of rotatable bonds is 4. The Morgan fingerprint density at radius 1 is 1.47 bits per heavy atom. The predicted molar refractivity (Wildman–Crippen MR) is 77.4 cm³/mol. The zero-order valence-corrected chi connectivity index (χ0v) is 12.5. The van der Waals surface area contributed by atoms with Crippen LogP contribution in [0.1, 0.15) is 18.7 Å². The molecule has 6 heteroatoms. The van der Waals surface area contributed by atoms with E-state index in [9.17, 15) is 9.00 Å². The van der Waals surface area contributed by atoms with E-state index in [1.54, 1.807) is 23.3 Å². The van der Waals surface area contributed by atoms with E-state index in [-0.39, 0.29) is 17.3 Å². The molecule has 0 saturated carbocycles. The van der Waals surface area contributed by atoms with Crippen molar-refractivity contribution in [2.45, 2.75) is 18.3 Å². The predicted octanol–water partition coefficient (Wildman–Crippen LogP) is 1.54. The molecule has 19 heavy (non-hydrogen) atoms. The summed E-state index contributed by atoms with van der Waals surface area (Å²) in [7, 11) is -0.939. The van der Waals surface area contributed by atoms with Crippen LogP contribution >= 0.6 is 11.6 Å². The van der Waals surface area contributed by atoms with Crippen molar-refractivity contribution < 1.29 is 9.00 Å². The molecule has 2 rings (SSSR count). The van der Waals surface area contributed by atoms with Crippen LogP contribution in [0.3, 0.4) is 0 Å². The summed E-state index contributed by atoms with van der Waals surface area (Å²) < 4.78 is 11.5. The number of carbonyl (C=O) groups excluding carboxylic acids is 1. The second-order valence-corrected chi connectivity index (χ2v) is 6.93. The van der Waals surface area contributed by atoms with Crippen molar-refractivity contribution in [1.29, 1.82) is 0 Å². The molecule has 104 valence electrons. The lowest BCUT2D eigenvalue weighted by Crippen LogP contribution is -2.37. The van der Waals surface area contributed by atoms with E-state index in [0.717, 1.165) is 5.56 Å². The molecule has 1 aromatic rings. The molecule has 1 fully saturated rings. The normalized spacial score (nSPS) is 22.6. The average molecular weight is 301 g/mol. The van der Waals surface area contributed by atoms with Crippen LogP contribution in [0.4, 0.5) is 0 Å². The molecular weight excluding hydrogens is 284 g/mol. The van der Waals surface area contributed by atoms with Crippen molar-refractivity contribution in [3.8, 4) is 0 Å². The van der Waals surface area contributed by atoms with Gasteiger partial charge < -0.3 is 4.90 Å². The fraction of sp³-hybridized carbons (Fsp3) is 0.462. The van der Waals surface area contributed by atoms with E-state index >= 15 is 0 Å². The van der Waals surface area contributed by atoms with Crippen LogP contribution in [-0.2, 0) is 15.6 Å². The van der Waals surface area contributed by atoms with Crippen molar-refractivity contribution in [2.24, 2.45) is 0 Å². The van der Waals surface area contributed by atoms with Crippen LogP contribution in [0.2, 0.25) is 5.02 Å². The molecule has 3 atom stereocenters. The summed E-state index contributed by atoms with van der Waals surface area (Å²) in [6.07, 6.45) is 1.51. The molecule has 1 aliphatic heterocycles. The van der Waals surface area contributed by atoms with E-state index in [1.807, 2.05) is 19.1 Å². The minimum atomic E-state index is -0.939. The zero-order valence-electron chi connectivity index (χ0n) is 10.9. The van der Waals surface area contributed by atoms with Crippen molar-refractivity contribution in [3.05, 3.63) is 34.9 Å². The number of hydrogen-bond acceptors (Lipinski definition) is 3. The van der Waals surface area contributed by atoms with Gasteiger partial charge in [0.1, 0.15) is 6.17 Å². The molecule has 1 heterocycles. The Kier molecular flexibility index (Phi) is 4.60. The molecular formula is C13H17ClN2O2S. The Morgan fingerprint density at radius 2 is 2.11 bits per heavy atom. The first-order chi connectivity index (χ1) is 8.99. The number of hydrogen-bond donors (Lipinski definition) is 1. The van der Waals surface area contributed by atoms with E-state index in [4.69, 9.17) is 11.6 Å².